The Morgan fingerprint density at radius 3 is 2.50 bits per heavy atom. The largest absolute Gasteiger partial charge is 0.548 e. The number of carboxylic acids is 1. The molecule has 0 bridgehead atoms. The van der Waals surface area contributed by atoms with Gasteiger partial charge in [-0.2, -0.15) is 5.26 Å². The van der Waals surface area contributed by atoms with Gasteiger partial charge >= 0.3 is 0 Å². The summed E-state index contributed by atoms with van der Waals surface area (Å²) in [6.07, 6.45) is 3.04. The average molecular weight is 344 g/mol. The first-order valence-corrected chi connectivity index (χ1v) is 7.84. The van der Waals surface area contributed by atoms with E-state index in [0.29, 0.717) is 16.8 Å². The molecule has 0 fully saturated rings. The van der Waals surface area contributed by atoms with E-state index in [0.717, 1.165) is 5.39 Å². The van der Waals surface area contributed by atoms with Gasteiger partial charge in [0.15, 0.2) is 0 Å². The predicted molar refractivity (Wildman–Crippen MR) is 95.6 cm³/mol. The van der Waals surface area contributed by atoms with E-state index in [1.807, 2.05) is 12.1 Å². The summed E-state index contributed by atoms with van der Waals surface area (Å²) in [5.41, 5.74) is 1.77. The molecule has 26 heavy (non-hydrogen) atoms. The van der Waals surface area contributed by atoms with E-state index in [2.05, 4.69) is 5.32 Å². The highest BCUT2D eigenvalue weighted by Gasteiger charge is 2.12. The van der Waals surface area contributed by atoms with Crippen LogP contribution in [0.4, 0.5) is 5.69 Å². The minimum atomic E-state index is -1.22. The number of anilines is 1. The lowest BCUT2D eigenvalue weighted by atomic mass is 10.1. The number of nitriles is 1. The molecule has 3 rings (SSSR count). The molecule has 2 aromatic carbocycles. The molecule has 1 N–H and O–H groups in total. The van der Waals surface area contributed by atoms with Crippen LogP contribution in [0.25, 0.3) is 17.0 Å². The lowest BCUT2D eigenvalue weighted by molar-refractivity contribution is -0.306. The first-order valence-electron chi connectivity index (χ1n) is 7.84. The first-order chi connectivity index (χ1) is 12.6. The second-order valence-electron chi connectivity index (χ2n) is 5.59. The van der Waals surface area contributed by atoms with E-state index in [9.17, 15) is 20.0 Å². The van der Waals surface area contributed by atoms with Crippen LogP contribution in [-0.4, -0.2) is 16.4 Å². The van der Waals surface area contributed by atoms with Crippen LogP contribution in [0.3, 0.4) is 0 Å². The van der Waals surface area contributed by atoms with Gasteiger partial charge in [-0.3, -0.25) is 4.79 Å². The number of fused-ring (bicyclic) bond motifs is 1. The van der Waals surface area contributed by atoms with Gasteiger partial charge in [0.25, 0.3) is 5.91 Å². The second kappa shape index (κ2) is 7.36. The quantitative estimate of drug-likeness (QED) is 0.565. The fraction of sp³-hybridized carbons (Fsp3) is 0.0500. The van der Waals surface area contributed by atoms with Crippen LogP contribution in [-0.2, 0) is 16.1 Å². The molecule has 1 aromatic heterocycles. The van der Waals surface area contributed by atoms with Crippen molar-refractivity contribution in [3.05, 3.63) is 71.9 Å². The van der Waals surface area contributed by atoms with Crippen molar-refractivity contribution in [1.29, 1.82) is 5.26 Å². The number of carboxylic acid groups (broad SMARTS) is 1. The van der Waals surface area contributed by atoms with Crippen molar-refractivity contribution in [2.75, 3.05) is 5.32 Å². The monoisotopic (exact) mass is 344 g/mol. The maximum Gasteiger partial charge on any atom is 0.266 e. The summed E-state index contributed by atoms with van der Waals surface area (Å²) in [5, 5.41) is 23.7. The molecule has 1 amide bonds. The molecule has 0 radical (unpaired) electrons. The Morgan fingerprint density at radius 1 is 1.12 bits per heavy atom. The van der Waals surface area contributed by atoms with E-state index in [4.69, 9.17) is 0 Å². The van der Waals surface area contributed by atoms with Crippen LogP contribution in [0.15, 0.2) is 66.4 Å². The maximum absolute atomic E-state index is 12.4. The van der Waals surface area contributed by atoms with Gasteiger partial charge in [0, 0.05) is 28.4 Å². The Morgan fingerprint density at radius 2 is 1.81 bits per heavy atom. The highest BCUT2D eigenvalue weighted by Crippen LogP contribution is 2.24. The van der Waals surface area contributed by atoms with Crippen molar-refractivity contribution in [3.8, 4) is 6.07 Å². The molecule has 1 heterocycles. The number of hydrogen-bond acceptors (Lipinski definition) is 4. The van der Waals surface area contributed by atoms with Crippen LogP contribution >= 0.6 is 0 Å². The molecule has 6 heteroatoms. The molecule has 6 nitrogen and oxygen atoms in total. The van der Waals surface area contributed by atoms with Crippen LogP contribution in [0.5, 0.6) is 0 Å². The number of aromatic nitrogens is 1. The summed E-state index contributed by atoms with van der Waals surface area (Å²) in [6.45, 7) is -0.313. The smallest absolute Gasteiger partial charge is 0.266 e. The molecular weight excluding hydrogens is 330 g/mol. The number of nitrogens with one attached hydrogen (secondary N) is 1. The van der Waals surface area contributed by atoms with Crippen molar-refractivity contribution in [1.82, 2.24) is 4.57 Å². The van der Waals surface area contributed by atoms with Crippen LogP contribution in [0.1, 0.15) is 5.56 Å². The SMILES string of the molecule is N#C/C(=C\c1cn(CC(=O)[O-])c2ccccc12)C(=O)Nc1ccccc1. The van der Waals surface area contributed by atoms with E-state index in [1.54, 1.807) is 54.7 Å². The van der Waals surface area contributed by atoms with E-state index >= 15 is 0 Å². The van der Waals surface area contributed by atoms with Gasteiger partial charge in [0.1, 0.15) is 11.6 Å². The van der Waals surface area contributed by atoms with Crippen LogP contribution in [0.2, 0.25) is 0 Å². The van der Waals surface area contributed by atoms with Gasteiger partial charge in [-0.15, -0.1) is 0 Å². The summed E-state index contributed by atoms with van der Waals surface area (Å²) < 4.78 is 1.51. The van der Waals surface area contributed by atoms with Crippen LogP contribution in [0, 0.1) is 11.3 Å². The fourth-order valence-electron chi connectivity index (χ4n) is 2.68. The third-order valence-corrected chi connectivity index (χ3v) is 3.82. The number of carbonyl (C=O) groups excluding carboxylic acids is 2. The molecular formula is C20H14N3O3-. The molecule has 0 saturated carbocycles. The number of rotatable bonds is 5. The lowest BCUT2D eigenvalue weighted by Crippen LogP contribution is -2.27. The normalized spacial score (nSPS) is 11.1. The Labute approximate surface area is 149 Å². The summed E-state index contributed by atoms with van der Waals surface area (Å²) in [6, 6.07) is 17.9. The molecule has 0 aliphatic carbocycles. The zero-order chi connectivity index (χ0) is 18.5. The molecule has 0 aliphatic heterocycles. The van der Waals surface area contributed by atoms with Gasteiger partial charge in [0.2, 0.25) is 0 Å². The van der Waals surface area contributed by atoms with E-state index in [-0.39, 0.29) is 12.1 Å². The van der Waals surface area contributed by atoms with Gasteiger partial charge in [-0.25, -0.2) is 0 Å². The second-order valence-corrected chi connectivity index (χ2v) is 5.59. The Hall–Kier alpha value is -3.85. The van der Waals surface area contributed by atoms with Gasteiger partial charge in [-0.1, -0.05) is 36.4 Å². The number of carbonyl (C=O) groups is 2. The Kier molecular flexibility index (Phi) is 4.81. The molecule has 0 aliphatic rings. The summed E-state index contributed by atoms with van der Waals surface area (Å²) in [4.78, 5) is 23.3. The van der Waals surface area contributed by atoms with Gasteiger partial charge in [0.05, 0.1) is 12.5 Å². The van der Waals surface area contributed by atoms with Gasteiger partial charge in [-0.05, 0) is 24.3 Å². The zero-order valence-electron chi connectivity index (χ0n) is 13.7. The molecule has 0 unspecified atom stereocenters. The van der Waals surface area contributed by atoms with E-state index < -0.39 is 11.9 Å². The number of nitrogens with zero attached hydrogens (tertiary/aromatic N) is 2. The Balaban J connectivity index is 1.98. The number of hydrogen-bond donors (Lipinski definition) is 1. The van der Waals surface area contributed by atoms with Crippen molar-refractivity contribution in [2.24, 2.45) is 0 Å². The molecule has 0 atom stereocenters. The molecule has 0 spiro atoms. The number of amides is 1. The van der Waals surface area contributed by atoms with E-state index in [1.165, 1.54) is 10.6 Å². The number of benzene rings is 2. The minimum absolute atomic E-state index is 0.0785. The average Bonchev–Trinajstić information content (AvgIpc) is 2.97. The molecule has 128 valence electrons. The van der Waals surface area contributed by atoms with Gasteiger partial charge < -0.3 is 19.8 Å². The van der Waals surface area contributed by atoms with Crippen molar-refractivity contribution < 1.29 is 14.7 Å². The summed E-state index contributed by atoms with van der Waals surface area (Å²) >= 11 is 0. The molecule has 0 saturated heterocycles. The fourth-order valence-corrected chi connectivity index (χ4v) is 2.68. The third kappa shape index (κ3) is 3.62. The highest BCUT2D eigenvalue weighted by molar-refractivity contribution is 6.10. The standard InChI is InChI=1S/C20H15N3O3/c21-11-14(20(26)22-16-6-2-1-3-7-16)10-15-12-23(13-19(24)25)18-9-5-4-8-17(15)18/h1-10,12H,13H2,(H,22,26)(H,24,25)/p-1/b14-10+. The maximum atomic E-state index is 12.4. The number of aliphatic carboxylic acids is 1. The Bertz CT molecular complexity index is 1040. The van der Waals surface area contributed by atoms with Crippen molar-refractivity contribution >= 4 is 34.5 Å². The highest BCUT2D eigenvalue weighted by atomic mass is 16.4. The zero-order valence-corrected chi connectivity index (χ0v) is 13.7. The van der Waals surface area contributed by atoms with Crippen molar-refractivity contribution in [3.63, 3.8) is 0 Å². The molecule has 3 aromatic rings. The lowest BCUT2D eigenvalue weighted by Gasteiger charge is -2.05. The number of para-hydroxylation sites is 2. The topological polar surface area (TPSA) is 97.9 Å². The first kappa shape index (κ1) is 17.0. The summed E-state index contributed by atoms with van der Waals surface area (Å²) in [5.74, 6) is -1.75. The minimum Gasteiger partial charge on any atom is -0.548 e. The third-order valence-electron chi connectivity index (χ3n) is 3.82. The predicted octanol–water partition coefficient (Wildman–Crippen LogP) is 1.94. The van der Waals surface area contributed by atoms with Crippen LogP contribution < -0.4 is 10.4 Å². The summed E-state index contributed by atoms with van der Waals surface area (Å²) in [7, 11) is 0. The van der Waals surface area contributed by atoms with Crippen molar-refractivity contribution in [2.45, 2.75) is 6.54 Å².